The number of hydroxylamine groups is 1. The SMILES string of the molecule is CCCON(CCC)c1ccc(C)c(CCCC(=O)O)c1. The number of rotatable bonds is 10. The summed E-state index contributed by atoms with van der Waals surface area (Å²) < 4.78 is 0. The van der Waals surface area contributed by atoms with Gasteiger partial charge in [-0.15, -0.1) is 0 Å². The van der Waals surface area contributed by atoms with Gasteiger partial charge in [0.15, 0.2) is 0 Å². The van der Waals surface area contributed by atoms with Gasteiger partial charge in [-0.2, -0.15) is 0 Å². The largest absolute Gasteiger partial charge is 0.481 e. The van der Waals surface area contributed by atoms with Gasteiger partial charge in [0.05, 0.1) is 12.3 Å². The normalized spacial score (nSPS) is 10.6. The molecule has 0 aliphatic heterocycles. The molecular weight excluding hydrogens is 266 g/mol. The Morgan fingerprint density at radius 3 is 2.67 bits per heavy atom. The summed E-state index contributed by atoms with van der Waals surface area (Å²) >= 11 is 0. The van der Waals surface area contributed by atoms with Crippen molar-refractivity contribution in [2.75, 3.05) is 18.2 Å². The predicted octanol–water partition coefficient (Wildman–Crippen LogP) is 3.96. The maximum Gasteiger partial charge on any atom is 0.303 e. The van der Waals surface area contributed by atoms with Gasteiger partial charge in [0.2, 0.25) is 0 Å². The van der Waals surface area contributed by atoms with E-state index in [0.717, 1.165) is 31.5 Å². The highest BCUT2D eigenvalue weighted by Gasteiger charge is 2.09. The average Bonchev–Trinajstić information content (AvgIpc) is 2.45. The van der Waals surface area contributed by atoms with Gasteiger partial charge in [-0.1, -0.05) is 19.9 Å². The van der Waals surface area contributed by atoms with E-state index in [1.165, 1.54) is 11.1 Å². The molecule has 1 N–H and O–H groups in total. The van der Waals surface area contributed by atoms with E-state index < -0.39 is 5.97 Å². The molecular formula is C17H27NO3. The first-order valence-corrected chi connectivity index (χ1v) is 7.80. The lowest BCUT2D eigenvalue weighted by Gasteiger charge is -2.24. The number of aliphatic carboxylic acids is 1. The zero-order valence-electron chi connectivity index (χ0n) is 13.4. The summed E-state index contributed by atoms with van der Waals surface area (Å²) in [6.07, 6.45) is 3.68. The molecule has 1 rings (SSSR count). The second-order valence-electron chi connectivity index (χ2n) is 5.29. The van der Waals surface area contributed by atoms with Crippen molar-refractivity contribution in [3.63, 3.8) is 0 Å². The number of hydrogen-bond acceptors (Lipinski definition) is 3. The van der Waals surface area contributed by atoms with Gasteiger partial charge < -0.3 is 5.11 Å². The van der Waals surface area contributed by atoms with Crippen LogP contribution in [0.5, 0.6) is 0 Å². The van der Waals surface area contributed by atoms with E-state index in [-0.39, 0.29) is 6.42 Å². The highest BCUT2D eigenvalue weighted by atomic mass is 16.7. The Labute approximate surface area is 127 Å². The standard InChI is InChI=1S/C17H27NO3/c1-4-11-18(21-12-5-2)16-10-9-14(3)15(13-16)7-6-8-17(19)20/h9-10,13H,4-8,11-12H2,1-3H3,(H,19,20). The van der Waals surface area contributed by atoms with Crippen LogP contribution in [0.3, 0.4) is 0 Å². The summed E-state index contributed by atoms with van der Waals surface area (Å²) in [5.74, 6) is -0.734. The van der Waals surface area contributed by atoms with Gasteiger partial charge in [0, 0.05) is 13.0 Å². The molecule has 0 unspecified atom stereocenters. The first-order valence-electron chi connectivity index (χ1n) is 7.80. The Bertz CT molecular complexity index is 446. The predicted molar refractivity (Wildman–Crippen MR) is 85.6 cm³/mol. The fraction of sp³-hybridized carbons (Fsp3) is 0.588. The van der Waals surface area contributed by atoms with Gasteiger partial charge in [-0.25, -0.2) is 0 Å². The average molecular weight is 293 g/mol. The van der Waals surface area contributed by atoms with Crippen LogP contribution in [0.1, 0.15) is 50.7 Å². The summed E-state index contributed by atoms with van der Waals surface area (Å²) in [6.45, 7) is 7.86. The Kier molecular flexibility index (Phi) is 7.83. The molecule has 0 aliphatic rings. The van der Waals surface area contributed by atoms with Crippen LogP contribution in [0.2, 0.25) is 0 Å². The maximum atomic E-state index is 10.6. The molecule has 0 bridgehead atoms. The van der Waals surface area contributed by atoms with Crippen molar-refractivity contribution in [2.24, 2.45) is 0 Å². The second-order valence-corrected chi connectivity index (χ2v) is 5.29. The molecule has 0 aromatic heterocycles. The second kappa shape index (κ2) is 9.40. The fourth-order valence-electron chi connectivity index (χ4n) is 2.19. The van der Waals surface area contributed by atoms with Crippen LogP contribution in [0.25, 0.3) is 0 Å². The van der Waals surface area contributed by atoms with Crippen molar-refractivity contribution in [3.05, 3.63) is 29.3 Å². The number of nitrogens with zero attached hydrogens (tertiary/aromatic N) is 1. The fourth-order valence-corrected chi connectivity index (χ4v) is 2.19. The van der Waals surface area contributed by atoms with Gasteiger partial charge in [0.1, 0.15) is 0 Å². The number of carboxylic acid groups (broad SMARTS) is 1. The summed E-state index contributed by atoms with van der Waals surface area (Å²) in [5, 5.41) is 10.7. The minimum atomic E-state index is -0.734. The molecule has 0 fully saturated rings. The highest BCUT2D eigenvalue weighted by Crippen LogP contribution is 2.21. The third kappa shape index (κ3) is 6.17. The van der Waals surface area contributed by atoms with Gasteiger partial charge in [-0.3, -0.25) is 14.7 Å². The van der Waals surface area contributed by atoms with Crippen molar-refractivity contribution in [1.82, 2.24) is 0 Å². The lowest BCUT2D eigenvalue weighted by molar-refractivity contribution is -0.137. The molecule has 0 amide bonds. The van der Waals surface area contributed by atoms with Crippen LogP contribution >= 0.6 is 0 Å². The lowest BCUT2D eigenvalue weighted by atomic mass is 10.0. The Balaban J connectivity index is 2.78. The zero-order valence-corrected chi connectivity index (χ0v) is 13.4. The molecule has 0 saturated carbocycles. The lowest BCUT2D eigenvalue weighted by Crippen LogP contribution is -2.25. The Morgan fingerprint density at radius 1 is 1.29 bits per heavy atom. The van der Waals surface area contributed by atoms with E-state index in [2.05, 4.69) is 39.0 Å². The minimum absolute atomic E-state index is 0.217. The molecule has 0 spiro atoms. The first-order chi connectivity index (χ1) is 10.1. The third-order valence-electron chi connectivity index (χ3n) is 3.34. The van der Waals surface area contributed by atoms with Crippen LogP contribution < -0.4 is 5.06 Å². The van der Waals surface area contributed by atoms with E-state index >= 15 is 0 Å². The van der Waals surface area contributed by atoms with Crippen molar-refractivity contribution in [1.29, 1.82) is 0 Å². The number of carbonyl (C=O) groups is 1. The van der Waals surface area contributed by atoms with E-state index in [1.807, 2.05) is 5.06 Å². The number of carboxylic acids is 1. The number of benzene rings is 1. The van der Waals surface area contributed by atoms with E-state index in [0.29, 0.717) is 13.0 Å². The summed E-state index contributed by atoms with van der Waals surface area (Å²) in [4.78, 5) is 16.4. The number of aryl methyl sites for hydroxylation is 2. The van der Waals surface area contributed by atoms with E-state index in [9.17, 15) is 4.79 Å². The Hall–Kier alpha value is -1.55. The van der Waals surface area contributed by atoms with Crippen LogP contribution in [0, 0.1) is 6.92 Å². The van der Waals surface area contributed by atoms with Gasteiger partial charge in [-0.05, 0) is 55.9 Å². The molecule has 0 saturated heterocycles. The zero-order chi connectivity index (χ0) is 15.7. The number of anilines is 1. The summed E-state index contributed by atoms with van der Waals surface area (Å²) in [7, 11) is 0. The molecule has 0 aliphatic carbocycles. The first kappa shape index (κ1) is 17.5. The van der Waals surface area contributed by atoms with Crippen LogP contribution in [-0.4, -0.2) is 24.2 Å². The van der Waals surface area contributed by atoms with Gasteiger partial charge in [0.25, 0.3) is 0 Å². The smallest absolute Gasteiger partial charge is 0.303 e. The molecule has 0 heterocycles. The van der Waals surface area contributed by atoms with Crippen molar-refractivity contribution < 1.29 is 14.7 Å². The molecule has 118 valence electrons. The highest BCUT2D eigenvalue weighted by molar-refractivity contribution is 5.66. The Morgan fingerprint density at radius 2 is 2.05 bits per heavy atom. The van der Waals surface area contributed by atoms with Gasteiger partial charge >= 0.3 is 5.97 Å². The van der Waals surface area contributed by atoms with Crippen LogP contribution in [0.15, 0.2) is 18.2 Å². The topological polar surface area (TPSA) is 49.8 Å². The third-order valence-corrected chi connectivity index (χ3v) is 3.34. The molecule has 1 aromatic rings. The molecule has 0 radical (unpaired) electrons. The number of hydrogen-bond donors (Lipinski definition) is 1. The van der Waals surface area contributed by atoms with Crippen molar-refractivity contribution in [2.45, 2.75) is 52.9 Å². The molecule has 0 atom stereocenters. The maximum absolute atomic E-state index is 10.6. The summed E-state index contributed by atoms with van der Waals surface area (Å²) in [6, 6.07) is 6.28. The van der Waals surface area contributed by atoms with E-state index in [4.69, 9.17) is 9.94 Å². The molecule has 4 heteroatoms. The monoisotopic (exact) mass is 293 g/mol. The van der Waals surface area contributed by atoms with E-state index in [1.54, 1.807) is 0 Å². The van der Waals surface area contributed by atoms with Crippen LogP contribution in [0.4, 0.5) is 5.69 Å². The quantitative estimate of drug-likeness (QED) is 0.663. The van der Waals surface area contributed by atoms with Crippen LogP contribution in [-0.2, 0) is 16.1 Å². The molecule has 1 aromatic carbocycles. The summed E-state index contributed by atoms with van der Waals surface area (Å²) in [5.41, 5.74) is 3.47. The van der Waals surface area contributed by atoms with Crippen molar-refractivity contribution in [3.8, 4) is 0 Å². The van der Waals surface area contributed by atoms with Crippen molar-refractivity contribution >= 4 is 11.7 Å². The minimum Gasteiger partial charge on any atom is -0.481 e. The molecule has 4 nitrogen and oxygen atoms in total. The molecule has 21 heavy (non-hydrogen) atoms.